The lowest BCUT2D eigenvalue weighted by Crippen LogP contribution is -2.39. The maximum absolute atomic E-state index is 14.5. The summed E-state index contributed by atoms with van der Waals surface area (Å²) in [5, 5.41) is 13.6. The van der Waals surface area contributed by atoms with Crippen LogP contribution in [-0.2, 0) is 0 Å². The summed E-state index contributed by atoms with van der Waals surface area (Å²) in [5.41, 5.74) is 1.36. The fourth-order valence-electron chi connectivity index (χ4n) is 4.24. The van der Waals surface area contributed by atoms with Gasteiger partial charge in [-0.25, -0.2) is 15.0 Å². The van der Waals surface area contributed by atoms with E-state index in [9.17, 15) is 18.3 Å². The molecule has 5 rings (SSSR count). The minimum atomic E-state index is -4.72. The Balaban J connectivity index is 1.81. The Morgan fingerprint density at radius 3 is 2.14 bits per heavy atom. The van der Waals surface area contributed by atoms with Crippen molar-refractivity contribution in [1.82, 2.24) is 10.3 Å². The van der Waals surface area contributed by atoms with Crippen LogP contribution in [0.1, 0.15) is 39.1 Å². The van der Waals surface area contributed by atoms with Gasteiger partial charge in [0.15, 0.2) is 0 Å². The molecule has 0 aromatic carbocycles. The number of aliphatic hydroxyl groups excluding tert-OH is 1. The molecule has 3 N–H and O–H groups in total. The molecule has 36 heavy (non-hydrogen) atoms. The molecule has 0 saturated heterocycles. The summed E-state index contributed by atoms with van der Waals surface area (Å²) >= 11 is 0. The highest BCUT2D eigenvalue weighted by Gasteiger charge is 2.45. The number of nitrogens with one attached hydrogen (secondary N) is 2. The SMILES string of the molecule is CC(O)=C1C2=NC(=Cc3ccc([nH]3)C=C3C=CC(=N3)C=C3N=C1C(NC(C)(C)C)=C3C(F)(F)F)C=C2. The van der Waals surface area contributed by atoms with Crippen molar-refractivity contribution >= 4 is 29.3 Å². The van der Waals surface area contributed by atoms with Crippen molar-refractivity contribution in [2.75, 3.05) is 0 Å². The van der Waals surface area contributed by atoms with Gasteiger partial charge >= 0.3 is 6.18 Å². The summed E-state index contributed by atoms with van der Waals surface area (Å²) in [6.07, 6.45) is 6.98. The number of aromatic nitrogens is 1. The Hall–Kier alpha value is -4.14. The van der Waals surface area contributed by atoms with Gasteiger partial charge < -0.3 is 15.4 Å². The van der Waals surface area contributed by atoms with Crippen LogP contribution >= 0.6 is 0 Å². The second-order valence-corrected chi connectivity index (χ2v) is 9.78. The van der Waals surface area contributed by atoms with Crippen LogP contribution in [0, 0.1) is 0 Å². The van der Waals surface area contributed by atoms with E-state index in [1.54, 1.807) is 45.1 Å². The summed E-state index contributed by atoms with van der Waals surface area (Å²) in [7, 11) is 0. The van der Waals surface area contributed by atoms with Gasteiger partial charge in [-0.05, 0) is 82.4 Å². The van der Waals surface area contributed by atoms with Crippen molar-refractivity contribution in [2.45, 2.75) is 39.4 Å². The van der Waals surface area contributed by atoms with E-state index in [-0.39, 0.29) is 28.4 Å². The molecule has 184 valence electrons. The summed E-state index contributed by atoms with van der Waals surface area (Å²) in [6.45, 7) is 6.70. The lowest BCUT2D eigenvalue weighted by molar-refractivity contribution is -0.0899. The fourth-order valence-corrected chi connectivity index (χ4v) is 4.24. The zero-order chi connectivity index (χ0) is 25.8. The first-order chi connectivity index (χ1) is 16.9. The van der Waals surface area contributed by atoms with Crippen LogP contribution in [0.15, 0.2) is 97.2 Å². The van der Waals surface area contributed by atoms with E-state index in [4.69, 9.17) is 0 Å². The van der Waals surface area contributed by atoms with Crippen LogP contribution in [0.5, 0.6) is 0 Å². The summed E-state index contributed by atoms with van der Waals surface area (Å²) in [5.74, 6) is -0.194. The smallest absolute Gasteiger partial charge is 0.420 e. The molecular formula is C27H24F3N5O. The fraction of sp³-hybridized carbons (Fsp3) is 0.222. The third kappa shape index (κ3) is 4.56. The van der Waals surface area contributed by atoms with E-state index >= 15 is 0 Å². The molecule has 4 aliphatic heterocycles. The zero-order valence-electron chi connectivity index (χ0n) is 20.1. The maximum Gasteiger partial charge on any atom is 0.420 e. The van der Waals surface area contributed by atoms with E-state index in [0.29, 0.717) is 22.8 Å². The van der Waals surface area contributed by atoms with Gasteiger partial charge in [0.05, 0.1) is 39.8 Å². The summed E-state index contributed by atoms with van der Waals surface area (Å²) in [4.78, 5) is 16.7. The molecule has 0 saturated carbocycles. The number of nitrogens with zero attached hydrogens (tertiary/aromatic N) is 3. The Labute approximate surface area is 206 Å². The van der Waals surface area contributed by atoms with E-state index in [0.717, 1.165) is 11.4 Å². The molecule has 0 amide bonds. The summed E-state index contributed by atoms with van der Waals surface area (Å²) < 4.78 is 43.5. The molecule has 0 atom stereocenters. The Morgan fingerprint density at radius 2 is 1.53 bits per heavy atom. The minimum Gasteiger partial charge on any atom is -0.512 e. The average molecular weight is 492 g/mol. The van der Waals surface area contributed by atoms with E-state index in [2.05, 4.69) is 25.3 Å². The third-order valence-electron chi connectivity index (χ3n) is 5.58. The van der Waals surface area contributed by atoms with Crippen molar-refractivity contribution in [2.24, 2.45) is 15.0 Å². The molecule has 0 aliphatic carbocycles. The number of allylic oxidation sites excluding steroid dienone is 8. The van der Waals surface area contributed by atoms with Crippen LogP contribution in [0.3, 0.4) is 0 Å². The van der Waals surface area contributed by atoms with Crippen LogP contribution in [0.2, 0.25) is 0 Å². The number of hydrogen-bond acceptors (Lipinski definition) is 5. The number of rotatable bonds is 1. The molecule has 1 aromatic heterocycles. The maximum atomic E-state index is 14.5. The molecule has 4 aliphatic rings. The molecule has 1 aromatic rings. The molecule has 6 nitrogen and oxygen atoms in total. The number of aliphatic hydroxyl groups is 1. The quantitative estimate of drug-likeness (QED) is 0.414. The van der Waals surface area contributed by atoms with Gasteiger partial charge in [0.2, 0.25) is 0 Å². The molecule has 0 fully saturated rings. The highest BCUT2D eigenvalue weighted by Crippen LogP contribution is 2.41. The van der Waals surface area contributed by atoms with Crippen molar-refractivity contribution in [3.8, 4) is 0 Å². The Bertz CT molecular complexity index is 1470. The van der Waals surface area contributed by atoms with Crippen LogP contribution < -0.4 is 5.32 Å². The molecule has 0 unspecified atom stereocenters. The topological polar surface area (TPSA) is 85.1 Å². The lowest BCUT2D eigenvalue weighted by Gasteiger charge is -2.26. The van der Waals surface area contributed by atoms with Gasteiger partial charge in [-0.3, -0.25) is 0 Å². The van der Waals surface area contributed by atoms with Gasteiger partial charge in [-0.2, -0.15) is 13.2 Å². The Morgan fingerprint density at radius 1 is 0.889 bits per heavy atom. The van der Waals surface area contributed by atoms with Crippen LogP contribution in [-0.4, -0.2) is 38.9 Å². The Kier molecular flexibility index (Phi) is 5.39. The first-order valence-electron chi connectivity index (χ1n) is 11.3. The van der Waals surface area contributed by atoms with Crippen LogP contribution in [0.25, 0.3) is 12.2 Å². The largest absolute Gasteiger partial charge is 0.512 e. The van der Waals surface area contributed by atoms with E-state index in [1.165, 1.54) is 13.0 Å². The second kappa shape index (κ2) is 8.22. The molecule has 8 bridgehead atoms. The highest BCUT2D eigenvalue weighted by atomic mass is 19.4. The van der Waals surface area contributed by atoms with Crippen molar-refractivity contribution in [1.29, 1.82) is 0 Å². The number of hydrogen-bond donors (Lipinski definition) is 3. The van der Waals surface area contributed by atoms with Crippen molar-refractivity contribution < 1.29 is 18.3 Å². The van der Waals surface area contributed by atoms with Crippen molar-refractivity contribution in [3.05, 3.63) is 93.6 Å². The van der Waals surface area contributed by atoms with Gasteiger partial charge in [0.25, 0.3) is 0 Å². The minimum absolute atomic E-state index is 0.0271. The predicted octanol–water partition coefficient (Wildman–Crippen LogP) is 6.11. The van der Waals surface area contributed by atoms with Gasteiger partial charge in [-0.15, -0.1) is 0 Å². The molecule has 0 radical (unpaired) electrons. The van der Waals surface area contributed by atoms with Crippen LogP contribution in [0.4, 0.5) is 13.2 Å². The molecule has 9 heteroatoms. The zero-order valence-corrected chi connectivity index (χ0v) is 20.1. The average Bonchev–Trinajstić information content (AvgIpc) is 3.51. The number of H-pyrrole nitrogens is 1. The number of alkyl halides is 3. The summed E-state index contributed by atoms with van der Waals surface area (Å²) in [6, 6.07) is 3.78. The molecule has 5 heterocycles. The molecular weight excluding hydrogens is 467 g/mol. The standard InChI is InChI=1S/C27H24F3N5O/c1-14(36)22-20-10-9-18(33-20)12-17-6-5-15(31-17)11-16-7-8-19(32-16)13-21-23(27(28,29)30)25(24(22)34-21)35-26(2,3)4/h5-13,31,35-36H,1-4H3. The predicted molar refractivity (Wildman–Crippen MR) is 137 cm³/mol. The first kappa shape index (κ1) is 23.6. The van der Waals surface area contributed by atoms with E-state index in [1.807, 2.05) is 24.3 Å². The van der Waals surface area contributed by atoms with Crippen molar-refractivity contribution in [3.63, 3.8) is 0 Å². The third-order valence-corrected chi connectivity index (χ3v) is 5.58. The number of halogens is 3. The number of aromatic amines is 1. The van der Waals surface area contributed by atoms with Gasteiger partial charge in [-0.1, -0.05) is 0 Å². The van der Waals surface area contributed by atoms with Gasteiger partial charge in [0, 0.05) is 16.9 Å². The normalized spacial score (nSPS) is 20.6. The van der Waals surface area contributed by atoms with Gasteiger partial charge in [0.1, 0.15) is 17.0 Å². The molecule has 0 spiro atoms. The second-order valence-electron chi connectivity index (χ2n) is 9.78. The monoisotopic (exact) mass is 491 g/mol. The number of aliphatic imine (C=N–C) groups is 3. The first-order valence-corrected chi connectivity index (χ1v) is 11.3. The lowest BCUT2D eigenvalue weighted by atomic mass is 9.97. The van der Waals surface area contributed by atoms with E-state index < -0.39 is 17.3 Å². The highest BCUT2D eigenvalue weighted by molar-refractivity contribution is 6.35. The number of fused-ring (bicyclic) bond motifs is 5.